The highest BCUT2D eigenvalue weighted by atomic mass is 19.4. The van der Waals surface area contributed by atoms with Gasteiger partial charge in [0, 0.05) is 6.42 Å². The summed E-state index contributed by atoms with van der Waals surface area (Å²) in [6.07, 6.45) is -3.55. The van der Waals surface area contributed by atoms with Gasteiger partial charge in [0.2, 0.25) is 0 Å². The molecule has 19 heavy (non-hydrogen) atoms. The smallest absolute Gasteiger partial charge is 0.298 e. The molecule has 0 aliphatic heterocycles. The lowest BCUT2D eigenvalue weighted by molar-refractivity contribution is -0.139. The number of hydrogen-bond acceptors (Lipinski definition) is 2. The van der Waals surface area contributed by atoms with Gasteiger partial charge < -0.3 is 0 Å². The molecule has 0 aromatic heterocycles. The van der Waals surface area contributed by atoms with Gasteiger partial charge in [0.1, 0.15) is 0 Å². The number of ketones is 1. The molecule has 1 atom stereocenters. The summed E-state index contributed by atoms with van der Waals surface area (Å²) in [7, 11) is 3.23. The number of carbonyl (C=O) groups is 1. The minimum absolute atomic E-state index is 0.0263. The molecule has 0 radical (unpaired) electrons. The van der Waals surface area contributed by atoms with Crippen LogP contribution in [0.15, 0.2) is 24.3 Å². The molecule has 0 heterocycles. The molecule has 0 aliphatic rings. The number of benzene rings is 1. The fraction of sp³-hybridized carbons (Fsp3) is 0.500. The predicted molar refractivity (Wildman–Crippen MR) is 67.8 cm³/mol. The highest BCUT2D eigenvalue weighted by Crippen LogP contribution is 2.36. The molecule has 0 saturated carbocycles. The fourth-order valence-corrected chi connectivity index (χ4v) is 2.12. The van der Waals surface area contributed by atoms with E-state index >= 15 is 0 Å². The van der Waals surface area contributed by atoms with Crippen molar-refractivity contribution < 1.29 is 18.0 Å². The molecule has 1 unspecified atom stereocenters. The van der Waals surface area contributed by atoms with Gasteiger partial charge in [-0.3, -0.25) is 9.69 Å². The summed E-state index contributed by atoms with van der Waals surface area (Å²) >= 11 is 0. The Morgan fingerprint density at radius 2 is 1.84 bits per heavy atom. The van der Waals surface area contributed by atoms with Crippen molar-refractivity contribution in [2.75, 3.05) is 14.1 Å². The van der Waals surface area contributed by atoms with Crippen LogP contribution in [0, 0.1) is 0 Å². The van der Waals surface area contributed by atoms with E-state index in [0.29, 0.717) is 6.42 Å². The molecule has 0 saturated heterocycles. The molecule has 1 aromatic carbocycles. The van der Waals surface area contributed by atoms with Crippen LogP contribution < -0.4 is 0 Å². The van der Waals surface area contributed by atoms with Crippen molar-refractivity contribution in [2.45, 2.75) is 32.0 Å². The Bertz CT molecular complexity index is 441. The van der Waals surface area contributed by atoms with Crippen LogP contribution in [0.3, 0.4) is 0 Å². The number of rotatable bonds is 5. The molecule has 2 nitrogen and oxygen atoms in total. The van der Waals surface area contributed by atoms with Gasteiger partial charge in [0.05, 0.1) is 11.6 Å². The van der Waals surface area contributed by atoms with Crippen LogP contribution in [-0.2, 0) is 11.0 Å². The van der Waals surface area contributed by atoms with Crippen molar-refractivity contribution in [2.24, 2.45) is 0 Å². The van der Waals surface area contributed by atoms with Gasteiger partial charge in [-0.25, -0.2) is 0 Å². The topological polar surface area (TPSA) is 20.3 Å². The lowest BCUT2D eigenvalue weighted by atomic mass is 9.94. The summed E-state index contributed by atoms with van der Waals surface area (Å²) in [6.45, 7) is 1.83. The molecule has 0 N–H and O–H groups in total. The highest BCUT2D eigenvalue weighted by molar-refractivity contribution is 5.85. The van der Waals surface area contributed by atoms with Crippen LogP contribution in [0.4, 0.5) is 13.2 Å². The van der Waals surface area contributed by atoms with Crippen molar-refractivity contribution in [3.8, 4) is 0 Å². The van der Waals surface area contributed by atoms with Gasteiger partial charge >= 0.3 is 6.18 Å². The largest absolute Gasteiger partial charge is 0.416 e. The van der Waals surface area contributed by atoms with Crippen molar-refractivity contribution in [3.63, 3.8) is 0 Å². The zero-order chi connectivity index (χ0) is 14.6. The maximum absolute atomic E-state index is 13.0. The van der Waals surface area contributed by atoms with Crippen LogP contribution in [0.1, 0.15) is 36.9 Å². The molecule has 0 amide bonds. The van der Waals surface area contributed by atoms with Crippen molar-refractivity contribution in [1.29, 1.82) is 0 Å². The molecule has 5 heteroatoms. The fourth-order valence-electron chi connectivity index (χ4n) is 2.12. The second kappa shape index (κ2) is 6.19. The number of alkyl halides is 3. The van der Waals surface area contributed by atoms with Crippen LogP contribution in [0.5, 0.6) is 0 Å². The average Bonchev–Trinajstić information content (AvgIpc) is 2.28. The van der Waals surface area contributed by atoms with E-state index in [9.17, 15) is 18.0 Å². The molecule has 1 aromatic rings. The Hall–Kier alpha value is -1.36. The van der Waals surface area contributed by atoms with E-state index in [2.05, 4.69) is 0 Å². The van der Waals surface area contributed by atoms with E-state index in [-0.39, 0.29) is 17.8 Å². The Morgan fingerprint density at radius 3 is 2.32 bits per heavy atom. The van der Waals surface area contributed by atoms with Crippen molar-refractivity contribution >= 4 is 5.78 Å². The number of nitrogens with zero attached hydrogens (tertiary/aromatic N) is 1. The van der Waals surface area contributed by atoms with E-state index < -0.39 is 17.8 Å². The quantitative estimate of drug-likeness (QED) is 0.815. The number of hydrogen-bond donors (Lipinski definition) is 0. The third kappa shape index (κ3) is 3.80. The summed E-state index contributed by atoms with van der Waals surface area (Å²) < 4.78 is 39.0. The SMILES string of the molecule is CCCC(=O)C(c1ccccc1C(F)(F)F)N(C)C. The molecular weight excluding hydrogens is 255 g/mol. The Balaban J connectivity index is 3.28. The number of halogens is 3. The van der Waals surface area contributed by atoms with Crippen molar-refractivity contribution in [3.05, 3.63) is 35.4 Å². The van der Waals surface area contributed by atoms with Crippen LogP contribution in [-0.4, -0.2) is 24.8 Å². The van der Waals surface area contributed by atoms with E-state index in [0.717, 1.165) is 6.07 Å². The van der Waals surface area contributed by atoms with Crippen LogP contribution in [0.25, 0.3) is 0 Å². The Kier molecular flexibility index (Phi) is 5.11. The third-order valence-electron chi connectivity index (χ3n) is 2.88. The van der Waals surface area contributed by atoms with Gasteiger partial charge in [0.15, 0.2) is 5.78 Å². The Labute approximate surface area is 111 Å². The highest BCUT2D eigenvalue weighted by Gasteiger charge is 2.37. The van der Waals surface area contributed by atoms with Gasteiger partial charge in [-0.1, -0.05) is 25.1 Å². The molecular formula is C14H18F3NO. The lowest BCUT2D eigenvalue weighted by Crippen LogP contribution is -2.29. The monoisotopic (exact) mass is 273 g/mol. The summed E-state index contributed by atoms with van der Waals surface area (Å²) in [5, 5.41) is 0. The molecule has 1 rings (SSSR count). The molecule has 0 spiro atoms. The van der Waals surface area contributed by atoms with E-state index in [1.54, 1.807) is 14.1 Å². The molecule has 0 bridgehead atoms. The minimum Gasteiger partial charge on any atom is -0.298 e. The third-order valence-corrected chi connectivity index (χ3v) is 2.88. The average molecular weight is 273 g/mol. The molecule has 0 aliphatic carbocycles. The van der Waals surface area contributed by atoms with Gasteiger partial charge in [0.25, 0.3) is 0 Å². The van der Waals surface area contributed by atoms with E-state index in [4.69, 9.17) is 0 Å². The maximum atomic E-state index is 13.0. The Morgan fingerprint density at radius 1 is 1.26 bits per heavy atom. The summed E-state index contributed by atoms with van der Waals surface area (Å²) in [6, 6.07) is 4.41. The van der Waals surface area contributed by atoms with Crippen LogP contribution in [0.2, 0.25) is 0 Å². The summed E-state index contributed by atoms with van der Waals surface area (Å²) in [5.74, 6) is -0.191. The standard InChI is InChI=1S/C14H18F3NO/c1-4-7-12(19)13(18(2)3)10-8-5-6-9-11(10)14(15,16)17/h5-6,8-9,13H,4,7H2,1-3H3. The summed E-state index contributed by atoms with van der Waals surface area (Å²) in [5.41, 5.74) is -0.711. The number of likely N-dealkylation sites (N-methyl/N-ethyl adjacent to an activating group) is 1. The van der Waals surface area contributed by atoms with Gasteiger partial charge in [-0.15, -0.1) is 0 Å². The maximum Gasteiger partial charge on any atom is 0.416 e. The second-order valence-corrected chi connectivity index (χ2v) is 4.67. The first-order chi connectivity index (χ1) is 8.79. The van der Waals surface area contributed by atoms with Gasteiger partial charge in [-0.2, -0.15) is 13.2 Å². The first kappa shape index (κ1) is 15.7. The van der Waals surface area contributed by atoms with Crippen LogP contribution >= 0.6 is 0 Å². The number of Topliss-reactive ketones (excluding diaryl/α,β-unsaturated/α-hetero) is 1. The van der Waals surface area contributed by atoms with Crippen molar-refractivity contribution in [1.82, 2.24) is 4.90 Å². The normalized spacial score (nSPS) is 13.6. The molecule has 0 fully saturated rings. The zero-order valence-electron chi connectivity index (χ0n) is 11.3. The first-order valence-corrected chi connectivity index (χ1v) is 6.14. The number of carbonyl (C=O) groups excluding carboxylic acids is 1. The van der Waals surface area contributed by atoms with Gasteiger partial charge in [-0.05, 0) is 32.1 Å². The second-order valence-electron chi connectivity index (χ2n) is 4.67. The predicted octanol–water partition coefficient (Wildman–Crippen LogP) is 3.68. The van der Waals surface area contributed by atoms with E-state index in [1.165, 1.54) is 23.1 Å². The first-order valence-electron chi connectivity index (χ1n) is 6.14. The summed E-state index contributed by atoms with van der Waals surface area (Å²) in [4.78, 5) is 13.6. The molecule has 106 valence electrons. The minimum atomic E-state index is -4.45. The zero-order valence-corrected chi connectivity index (χ0v) is 11.3. The lowest BCUT2D eigenvalue weighted by Gasteiger charge is -2.26. The van der Waals surface area contributed by atoms with E-state index in [1.807, 2.05) is 6.92 Å².